The van der Waals surface area contributed by atoms with Gasteiger partial charge in [0.05, 0.1) is 12.8 Å². The van der Waals surface area contributed by atoms with Gasteiger partial charge in [-0.25, -0.2) is 9.69 Å². The van der Waals surface area contributed by atoms with Gasteiger partial charge in [-0.3, -0.25) is 14.9 Å². The summed E-state index contributed by atoms with van der Waals surface area (Å²) in [6.45, 7) is 0.284. The molecule has 0 aromatic heterocycles. The molecule has 4 rings (SSSR count). The lowest BCUT2D eigenvalue weighted by atomic mass is 10.1. The summed E-state index contributed by atoms with van der Waals surface area (Å²) in [6.07, 6.45) is 1.41. The molecular formula is C25H19ClN2O5. The van der Waals surface area contributed by atoms with Crippen molar-refractivity contribution in [2.24, 2.45) is 0 Å². The number of benzene rings is 3. The van der Waals surface area contributed by atoms with Crippen molar-refractivity contribution in [2.45, 2.75) is 6.61 Å². The lowest BCUT2D eigenvalue weighted by molar-refractivity contribution is -0.122. The largest absolute Gasteiger partial charge is 0.493 e. The Morgan fingerprint density at radius 2 is 1.73 bits per heavy atom. The van der Waals surface area contributed by atoms with E-state index in [-0.39, 0.29) is 12.2 Å². The number of anilines is 1. The van der Waals surface area contributed by atoms with E-state index in [0.717, 1.165) is 10.5 Å². The number of imide groups is 2. The van der Waals surface area contributed by atoms with Crippen LogP contribution in [0.1, 0.15) is 11.1 Å². The minimum atomic E-state index is -0.796. The second-order valence-corrected chi connectivity index (χ2v) is 7.56. The summed E-state index contributed by atoms with van der Waals surface area (Å²) >= 11 is 6.01. The Morgan fingerprint density at radius 1 is 0.939 bits per heavy atom. The number of barbiturate groups is 1. The molecule has 166 valence electrons. The van der Waals surface area contributed by atoms with Crippen molar-refractivity contribution >= 4 is 41.2 Å². The van der Waals surface area contributed by atoms with E-state index < -0.39 is 17.8 Å². The van der Waals surface area contributed by atoms with Crippen LogP contribution in [0.15, 0.2) is 78.4 Å². The number of urea groups is 1. The van der Waals surface area contributed by atoms with Crippen LogP contribution in [0.4, 0.5) is 10.5 Å². The van der Waals surface area contributed by atoms with Crippen LogP contribution in [0.2, 0.25) is 5.02 Å². The maximum atomic E-state index is 13.0. The van der Waals surface area contributed by atoms with Crippen LogP contribution in [0, 0.1) is 0 Å². The molecule has 33 heavy (non-hydrogen) atoms. The fraction of sp³-hybridized carbons (Fsp3) is 0.0800. The Kier molecular flexibility index (Phi) is 6.42. The molecule has 1 heterocycles. The predicted molar refractivity (Wildman–Crippen MR) is 124 cm³/mol. The van der Waals surface area contributed by atoms with Crippen LogP contribution in [0.5, 0.6) is 11.5 Å². The molecule has 1 aliphatic heterocycles. The normalized spacial score (nSPS) is 14.9. The SMILES string of the molecule is COc1cc(/C=C2\C(=O)NC(=O)N(c3ccccc3)C2=O)ccc1OCc1cccc(Cl)c1. The summed E-state index contributed by atoms with van der Waals surface area (Å²) in [6, 6.07) is 19.9. The zero-order valence-corrected chi connectivity index (χ0v) is 18.3. The summed E-state index contributed by atoms with van der Waals surface area (Å²) in [5.41, 5.74) is 1.61. The van der Waals surface area contributed by atoms with E-state index in [4.69, 9.17) is 21.1 Å². The molecule has 0 unspecified atom stereocenters. The number of rotatable bonds is 6. The highest BCUT2D eigenvalue weighted by molar-refractivity contribution is 6.39. The maximum absolute atomic E-state index is 13.0. The van der Waals surface area contributed by atoms with E-state index in [1.807, 2.05) is 12.1 Å². The Balaban J connectivity index is 1.59. The number of carbonyl (C=O) groups excluding carboxylic acids is 3. The monoisotopic (exact) mass is 462 g/mol. The number of nitrogens with zero attached hydrogens (tertiary/aromatic N) is 1. The number of hydrogen-bond donors (Lipinski definition) is 1. The summed E-state index contributed by atoms with van der Waals surface area (Å²) in [4.78, 5) is 38.6. The van der Waals surface area contributed by atoms with E-state index in [2.05, 4.69) is 5.32 Å². The van der Waals surface area contributed by atoms with Gasteiger partial charge in [-0.15, -0.1) is 0 Å². The Labute approximate surface area is 195 Å². The number of para-hydroxylation sites is 1. The second kappa shape index (κ2) is 9.58. The molecule has 4 amide bonds. The lowest BCUT2D eigenvalue weighted by Crippen LogP contribution is -2.54. The molecular weight excluding hydrogens is 444 g/mol. The van der Waals surface area contributed by atoms with Gasteiger partial charge in [0.2, 0.25) is 0 Å². The molecule has 1 saturated heterocycles. The van der Waals surface area contributed by atoms with Gasteiger partial charge in [-0.1, -0.05) is 48.0 Å². The molecule has 1 aliphatic rings. The molecule has 0 saturated carbocycles. The summed E-state index contributed by atoms with van der Waals surface area (Å²) in [5, 5.41) is 2.82. The van der Waals surface area contributed by atoms with Crippen LogP contribution in [-0.4, -0.2) is 25.0 Å². The lowest BCUT2D eigenvalue weighted by Gasteiger charge is -2.26. The molecule has 0 aliphatic carbocycles. The van der Waals surface area contributed by atoms with Crippen molar-refractivity contribution in [1.82, 2.24) is 5.32 Å². The van der Waals surface area contributed by atoms with Gasteiger partial charge in [-0.05, 0) is 53.6 Å². The first kappa shape index (κ1) is 22.1. The van der Waals surface area contributed by atoms with Gasteiger partial charge < -0.3 is 9.47 Å². The van der Waals surface area contributed by atoms with E-state index >= 15 is 0 Å². The molecule has 0 radical (unpaired) electrons. The number of amides is 4. The van der Waals surface area contributed by atoms with Crippen molar-refractivity contribution in [2.75, 3.05) is 12.0 Å². The molecule has 0 spiro atoms. The van der Waals surface area contributed by atoms with Crippen molar-refractivity contribution in [3.8, 4) is 11.5 Å². The number of methoxy groups -OCH3 is 1. The van der Waals surface area contributed by atoms with Gasteiger partial charge in [-0.2, -0.15) is 0 Å². The number of halogens is 1. The van der Waals surface area contributed by atoms with Crippen molar-refractivity contribution < 1.29 is 23.9 Å². The predicted octanol–water partition coefficient (Wildman–Crippen LogP) is 4.59. The van der Waals surface area contributed by atoms with E-state index in [1.54, 1.807) is 60.7 Å². The highest BCUT2D eigenvalue weighted by atomic mass is 35.5. The Morgan fingerprint density at radius 3 is 2.45 bits per heavy atom. The molecule has 7 nitrogen and oxygen atoms in total. The zero-order chi connectivity index (χ0) is 23.4. The summed E-state index contributed by atoms with van der Waals surface area (Å²) < 4.78 is 11.3. The standard InChI is InChI=1S/C25H19ClN2O5/c1-32-22-14-16(10-11-21(22)33-15-17-6-5-7-18(26)12-17)13-20-23(29)27-25(31)28(24(20)30)19-8-3-2-4-9-19/h2-14H,15H2,1H3,(H,27,29,31)/b20-13+. The second-order valence-electron chi connectivity index (χ2n) is 7.12. The quantitative estimate of drug-likeness (QED) is 0.427. The maximum Gasteiger partial charge on any atom is 0.335 e. The number of carbonyl (C=O) groups is 3. The smallest absolute Gasteiger partial charge is 0.335 e. The number of hydrogen-bond acceptors (Lipinski definition) is 5. The number of ether oxygens (including phenoxy) is 2. The summed E-state index contributed by atoms with van der Waals surface area (Å²) in [7, 11) is 1.49. The van der Waals surface area contributed by atoms with Gasteiger partial charge in [0.25, 0.3) is 11.8 Å². The third kappa shape index (κ3) is 4.88. The van der Waals surface area contributed by atoms with E-state index in [1.165, 1.54) is 13.2 Å². The minimum absolute atomic E-state index is 0.173. The first-order valence-electron chi connectivity index (χ1n) is 9.98. The number of nitrogens with one attached hydrogen (secondary N) is 1. The van der Waals surface area contributed by atoms with Crippen molar-refractivity contribution in [1.29, 1.82) is 0 Å². The van der Waals surface area contributed by atoms with Crippen LogP contribution >= 0.6 is 11.6 Å². The first-order chi connectivity index (χ1) is 16.0. The van der Waals surface area contributed by atoms with Crippen LogP contribution in [0.25, 0.3) is 6.08 Å². The molecule has 3 aromatic carbocycles. The van der Waals surface area contributed by atoms with Gasteiger partial charge in [0, 0.05) is 5.02 Å². The highest BCUT2D eigenvalue weighted by Crippen LogP contribution is 2.30. The van der Waals surface area contributed by atoms with Gasteiger partial charge in [0.1, 0.15) is 12.2 Å². The van der Waals surface area contributed by atoms with E-state index in [9.17, 15) is 14.4 Å². The first-order valence-corrected chi connectivity index (χ1v) is 10.4. The molecule has 0 atom stereocenters. The third-order valence-corrected chi connectivity index (χ3v) is 5.13. The molecule has 8 heteroatoms. The Hall–Kier alpha value is -4.10. The third-order valence-electron chi connectivity index (χ3n) is 4.90. The van der Waals surface area contributed by atoms with Gasteiger partial charge in [0.15, 0.2) is 11.5 Å². The highest BCUT2D eigenvalue weighted by Gasteiger charge is 2.36. The molecule has 3 aromatic rings. The van der Waals surface area contributed by atoms with Crippen LogP contribution in [0.3, 0.4) is 0 Å². The molecule has 0 bridgehead atoms. The fourth-order valence-electron chi connectivity index (χ4n) is 3.32. The Bertz CT molecular complexity index is 1260. The minimum Gasteiger partial charge on any atom is -0.493 e. The zero-order valence-electron chi connectivity index (χ0n) is 17.6. The fourth-order valence-corrected chi connectivity index (χ4v) is 3.53. The van der Waals surface area contributed by atoms with Gasteiger partial charge >= 0.3 is 6.03 Å². The summed E-state index contributed by atoms with van der Waals surface area (Å²) in [5.74, 6) is -0.571. The molecule has 1 N–H and O–H groups in total. The van der Waals surface area contributed by atoms with Crippen LogP contribution in [-0.2, 0) is 16.2 Å². The van der Waals surface area contributed by atoms with Crippen LogP contribution < -0.4 is 19.7 Å². The topological polar surface area (TPSA) is 84.9 Å². The van der Waals surface area contributed by atoms with E-state index in [0.29, 0.717) is 27.8 Å². The molecule has 1 fully saturated rings. The average Bonchev–Trinajstić information content (AvgIpc) is 2.81. The average molecular weight is 463 g/mol. The van der Waals surface area contributed by atoms with Crippen molar-refractivity contribution in [3.63, 3.8) is 0 Å². The van der Waals surface area contributed by atoms with Crippen molar-refractivity contribution in [3.05, 3.63) is 94.5 Å².